The molecule has 1 fully saturated rings. The number of amides is 1. The highest BCUT2D eigenvalue weighted by molar-refractivity contribution is 5.96. The summed E-state index contributed by atoms with van der Waals surface area (Å²) in [5.41, 5.74) is 8.75. The van der Waals surface area contributed by atoms with Crippen molar-refractivity contribution in [2.45, 2.75) is 31.7 Å². The van der Waals surface area contributed by atoms with Crippen molar-refractivity contribution >= 4 is 17.7 Å². The van der Waals surface area contributed by atoms with Crippen LogP contribution < -0.4 is 5.73 Å². The highest BCUT2D eigenvalue weighted by atomic mass is 16.4. The Morgan fingerprint density at radius 2 is 1.39 bits per heavy atom. The van der Waals surface area contributed by atoms with E-state index in [1.54, 1.807) is 24.1 Å². The number of benzene rings is 2. The third-order valence-corrected chi connectivity index (χ3v) is 5.58. The van der Waals surface area contributed by atoms with Gasteiger partial charge in [0.05, 0.1) is 5.92 Å². The molecule has 2 aromatic rings. The van der Waals surface area contributed by atoms with E-state index in [0.29, 0.717) is 24.0 Å². The Hall–Kier alpha value is -3.15. The molecule has 0 aliphatic heterocycles. The van der Waals surface area contributed by atoms with Crippen LogP contribution in [0.5, 0.6) is 0 Å². The Bertz CT molecular complexity index is 867. The Balaban J connectivity index is 1.66. The van der Waals surface area contributed by atoms with Crippen LogP contribution in [-0.4, -0.2) is 40.8 Å². The fourth-order valence-corrected chi connectivity index (χ4v) is 3.73. The second-order valence-electron chi connectivity index (χ2n) is 7.33. The summed E-state index contributed by atoms with van der Waals surface area (Å²) in [6.45, 7) is 0. The van der Waals surface area contributed by atoms with Crippen molar-refractivity contribution in [3.63, 3.8) is 0 Å². The number of rotatable bonds is 5. The first-order valence-corrected chi connectivity index (χ1v) is 9.41. The monoisotopic (exact) mass is 379 g/mol. The van der Waals surface area contributed by atoms with Crippen molar-refractivity contribution in [3.05, 3.63) is 59.7 Å². The molecule has 1 saturated carbocycles. The fourth-order valence-electron chi connectivity index (χ4n) is 3.73. The van der Waals surface area contributed by atoms with Gasteiger partial charge in [0, 0.05) is 24.2 Å². The second-order valence-corrected chi connectivity index (χ2v) is 7.33. The number of hydrogen-bond donors (Lipinski definition) is 3. The molecule has 0 atom stereocenters. The van der Waals surface area contributed by atoms with Crippen LogP contribution >= 0.6 is 0 Å². The number of carbonyl (C=O) groups excluding carboxylic acids is 1. The van der Waals surface area contributed by atoms with Gasteiger partial charge in [0.2, 0.25) is 0 Å². The Morgan fingerprint density at radius 3 is 1.82 bits per heavy atom. The van der Waals surface area contributed by atoms with Crippen molar-refractivity contribution in [1.82, 2.24) is 4.90 Å². The van der Waals surface area contributed by atoms with E-state index in [0.717, 1.165) is 24.0 Å². The number of nitrogens with two attached hydrogens (primary N) is 1. The van der Waals surface area contributed by atoms with Gasteiger partial charge in [0.15, 0.2) is 0 Å². The lowest BCUT2D eigenvalue weighted by atomic mass is 9.85. The SMILES string of the molecule is CN(C(=O)c1ccc(-c2ccc(C(=N)N)cc2)cc1)[C@H]1CC[C@H](C(=O)O)CC1. The molecule has 1 aliphatic carbocycles. The molecule has 6 nitrogen and oxygen atoms in total. The van der Waals surface area contributed by atoms with Gasteiger partial charge < -0.3 is 15.7 Å². The van der Waals surface area contributed by atoms with Crippen LogP contribution in [0.4, 0.5) is 0 Å². The smallest absolute Gasteiger partial charge is 0.306 e. The lowest BCUT2D eigenvalue weighted by molar-refractivity contribution is -0.143. The normalized spacial score (nSPS) is 19.0. The third-order valence-electron chi connectivity index (χ3n) is 5.58. The van der Waals surface area contributed by atoms with Crippen LogP contribution in [0, 0.1) is 11.3 Å². The van der Waals surface area contributed by atoms with Gasteiger partial charge in [-0.3, -0.25) is 15.0 Å². The number of carbonyl (C=O) groups is 2. The largest absolute Gasteiger partial charge is 0.481 e. The van der Waals surface area contributed by atoms with Crippen LogP contribution in [0.15, 0.2) is 48.5 Å². The molecule has 0 saturated heterocycles. The molecule has 0 aromatic heterocycles. The third kappa shape index (κ3) is 4.22. The summed E-state index contributed by atoms with van der Waals surface area (Å²) in [5.74, 6) is -1.03. The highest BCUT2D eigenvalue weighted by Gasteiger charge is 2.30. The van der Waals surface area contributed by atoms with Gasteiger partial charge in [-0.05, 0) is 48.9 Å². The average Bonchev–Trinajstić information content (AvgIpc) is 2.73. The minimum Gasteiger partial charge on any atom is -0.481 e. The van der Waals surface area contributed by atoms with Gasteiger partial charge >= 0.3 is 5.97 Å². The second kappa shape index (κ2) is 8.25. The quantitative estimate of drug-likeness (QED) is 0.547. The maximum absolute atomic E-state index is 12.8. The van der Waals surface area contributed by atoms with E-state index >= 15 is 0 Å². The van der Waals surface area contributed by atoms with E-state index in [-0.39, 0.29) is 23.7 Å². The summed E-state index contributed by atoms with van der Waals surface area (Å²) < 4.78 is 0. The van der Waals surface area contributed by atoms with Gasteiger partial charge in [-0.25, -0.2) is 0 Å². The highest BCUT2D eigenvalue weighted by Crippen LogP contribution is 2.28. The minimum absolute atomic E-state index is 0.0351. The zero-order valence-electron chi connectivity index (χ0n) is 15.9. The van der Waals surface area contributed by atoms with Gasteiger partial charge in [-0.2, -0.15) is 0 Å². The first-order chi connectivity index (χ1) is 13.4. The van der Waals surface area contributed by atoms with E-state index in [1.807, 2.05) is 36.4 Å². The molecule has 0 spiro atoms. The molecule has 0 bridgehead atoms. The molecular weight excluding hydrogens is 354 g/mol. The van der Waals surface area contributed by atoms with Crippen LogP contribution in [0.2, 0.25) is 0 Å². The van der Waals surface area contributed by atoms with Gasteiger partial charge in [-0.1, -0.05) is 36.4 Å². The zero-order valence-corrected chi connectivity index (χ0v) is 15.9. The summed E-state index contributed by atoms with van der Waals surface area (Å²) in [4.78, 5) is 25.6. The summed E-state index contributed by atoms with van der Waals surface area (Å²) in [7, 11) is 1.79. The number of carboxylic acid groups (broad SMARTS) is 1. The molecule has 6 heteroatoms. The first kappa shape index (κ1) is 19.6. The molecule has 3 rings (SSSR count). The molecule has 0 radical (unpaired) electrons. The molecule has 0 unspecified atom stereocenters. The number of nitrogens with one attached hydrogen (secondary N) is 1. The topological polar surface area (TPSA) is 107 Å². The predicted molar refractivity (Wildman–Crippen MR) is 108 cm³/mol. The molecular formula is C22H25N3O3. The number of amidine groups is 1. The van der Waals surface area contributed by atoms with E-state index in [2.05, 4.69) is 0 Å². The van der Waals surface area contributed by atoms with E-state index < -0.39 is 5.97 Å². The number of hydrogen-bond acceptors (Lipinski definition) is 3. The molecule has 1 aliphatic rings. The number of nitrogen functional groups attached to an aromatic ring is 1. The number of aliphatic carboxylic acids is 1. The lowest BCUT2D eigenvalue weighted by Crippen LogP contribution is -2.40. The summed E-state index contributed by atoms with van der Waals surface area (Å²) >= 11 is 0. The van der Waals surface area contributed by atoms with Crippen LogP contribution in [0.3, 0.4) is 0 Å². The predicted octanol–water partition coefficient (Wildman–Crippen LogP) is 3.35. The van der Waals surface area contributed by atoms with Gasteiger partial charge in [0.25, 0.3) is 5.91 Å². The van der Waals surface area contributed by atoms with Crippen molar-refractivity contribution in [2.75, 3.05) is 7.05 Å². The van der Waals surface area contributed by atoms with Crippen molar-refractivity contribution in [2.24, 2.45) is 11.7 Å². The van der Waals surface area contributed by atoms with Gasteiger partial charge in [-0.15, -0.1) is 0 Å². The summed E-state index contributed by atoms with van der Waals surface area (Å²) in [6.07, 6.45) is 2.68. The molecule has 28 heavy (non-hydrogen) atoms. The van der Waals surface area contributed by atoms with E-state index in [9.17, 15) is 9.59 Å². The Kier molecular flexibility index (Phi) is 5.78. The molecule has 2 aromatic carbocycles. The molecule has 146 valence electrons. The molecule has 0 heterocycles. The summed E-state index contributed by atoms with van der Waals surface area (Å²) in [6, 6.07) is 14.9. The van der Waals surface area contributed by atoms with Crippen molar-refractivity contribution in [1.29, 1.82) is 5.41 Å². The van der Waals surface area contributed by atoms with Gasteiger partial charge in [0.1, 0.15) is 5.84 Å². The fraction of sp³-hybridized carbons (Fsp3) is 0.318. The zero-order chi connectivity index (χ0) is 20.3. The number of carboxylic acids is 1. The first-order valence-electron chi connectivity index (χ1n) is 9.41. The van der Waals surface area contributed by atoms with E-state index in [4.69, 9.17) is 16.2 Å². The van der Waals surface area contributed by atoms with E-state index in [1.165, 1.54) is 0 Å². The Morgan fingerprint density at radius 1 is 0.929 bits per heavy atom. The average molecular weight is 379 g/mol. The van der Waals surface area contributed by atoms with Crippen LogP contribution in [0.1, 0.15) is 41.6 Å². The van der Waals surface area contributed by atoms with Crippen molar-refractivity contribution < 1.29 is 14.7 Å². The summed E-state index contributed by atoms with van der Waals surface area (Å²) in [5, 5.41) is 16.6. The Labute approximate surface area is 164 Å². The maximum Gasteiger partial charge on any atom is 0.306 e. The molecule has 4 N–H and O–H groups in total. The number of nitrogens with zero attached hydrogens (tertiary/aromatic N) is 1. The molecule has 1 amide bonds. The van der Waals surface area contributed by atoms with Crippen molar-refractivity contribution in [3.8, 4) is 11.1 Å². The standard InChI is InChI=1S/C22H25N3O3/c1-25(19-12-10-18(11-13-19)22(27)28)21(26)17-8-4-15(5-9-17)14-2-6-16(7-3-14)20(23)24/h2-9,18-19H,10-13H2,1H3,(H3,23,24)(H,27,28)/t18-,19-. The minimum atomic E-state index is -0.737. The van der Waals surface area contributed by atoms with Crippen LogP contribution in [-0.2, 0) is 4.79 Å². The maximum atomic E-state index is 12.8. The van der Waals surface area contributed by atoms with Crippen LogP contribution in [0.25, 0.3) is 11.1 Å². The lowest BCUT2D eigenvalue weighted by Gasteiger charge is -2.33.